The van der Waals surface area contributed by atoms with Gasteiger partial charge in [0.05, 0.1) is 13.2 Å². The van der Waals surface area contributed by atoms with Crippen molar-refractivity contribution in [2.24, 2.45) is 0 Å². The predicted molar refractivity (Wildman–Crippen MR) is 59.3 cm³/mol. The standard InChI is InChI=1S/C11H16ClNO2/c12-11-4-3-10(15-11)2-1-5-13-6-8-14-9-7-13/h3-4H,1-2,5-9H2. The van der Waals surface area contributed by atoms with Gasteiger partial charge in [0.2, 0.25) is 0 Å². The van der Waals surface area contributed by atoms with Gasteiger partial charge in [0.15, 0.2) is 5.22 Å². The molecule has 1 aromatic heterocycles. The van der Waals surface area contributed by atoms with Gasteiger partial charge in [-0.25, -0.2) is 0 Å². The maximum atomic E-state index is 5.69. The Hall–Kier alpha value is -0.510. The highest BCUT2D eigenvalue weighted by atomic mass is 35.5. The minimum atomic E-state index is 0.483. The van der Waals surface area contributed by atoms with E-state index in [1.807, 2.05) is 6.07 Å². The maximum Gasteiger partial charge on any atom is 0.193 e. The fourth-order valence-corrected chi connectivity index (χ4v) is 1.95. The summed E-state index contributed by atoms with van der Waals surface area (Å²) in [6, 6.07) is 3.74. The molecule has 1 aliphatic rings. The molecule has 0 aromatic carbocycles. The molecule has 3 nitrogen and oxygen atoms in total. The zero-order valence-corrected chi connectivity index (χ0v) is 9.50. The van der Waals surface area contributed by atoms with E-state index in [9.17, 15) is 0 Å². The molecule has 0 atom stereocenters. The number of hydrogen-bond donors (Lipinski definition) is 0. The second-order valence-electron chi connectivity index (χ2n) is 3.76. The summed E-state index contributed by atoms with van der Waals surface area (Å²) in [7, 11) is 0. The number of halogens is 1. The van der Waals surface area contributed by atoms with Gasteiger partial charge in [0, 0.05) is 19.5 Å². The molecule has 0 amide bonds. The van der Waals surface area contributed by atoms with Crippen LogP contribution in [0.2, 0.25) is 5.22 Å². The van der Waals surface area contributed by atoms with Crippen LogP contribution in [0.15, 0.2) is 16.5 Å². The molecule has 1 aliphatic heterocycles. The Bertz CT molecular complexity index is 295. The lowest BCUT2D eigenvalue weighted by Crippen LogP contribution is -2.36. The van der Waals surface area contributed by atoms with Crippen molar-refractivity contribution in [2.45, 2.75) is 12.8 Å². The van der Waals surface area contributed by atoms with E-state index in [4.69, 9.17) is 20.8 Å². The first kappa shape index (κ1) is 11.0. The monoisotopic (exact) mass is 229 g/mol. The summed E-state index contributed by atoms with van der Waals surface area (Å²) in [5.74, 6) is 0.980. The van der Waals surface area contributed by atoms with Crippen LogP contribution < -0.4 is 0 Å². The van der Waals surface area contributed by atoms with E-state index >= 15 is 0 Å². The van der Waals surface area contributed by atoms with Crippen molar-refractivity contribution < 1.29 is 9.15 Å². The largest absolute Gasteiger partial charge is 0.450 e. The molecule has 0 aliphatic carbocycles. The van der Waals surface area contributed by atoms with Gasteiger partial charge in [-0.05, 0) is 36.7 Å². The molecule has 1 saturated heterocycles. The van der Waals surface area contributed by atoms with Crippen molar-refractivity contribution in [1.82, 2.24) is 4.90 Å². The summed E-state index contributed by atoms with van der Waals surface area (Å²) in [5.41, 5.74) is 0. The molecule has 4 heteroatoms. The van der Waals surface area contributed by atoms with Crippen molar-refractivity contribution in [3.05, 3.63) is 23.1 Å². The normalized spacial score (nSPS) is 18.2. The first-order valence-electron chi connectivity index (χ1n) is 5.39. The highest BCUT2D eigenvalue weighted by Gasteiger charge is 2.09. The summed E-state index contributed by atoms with van der Waals surface area (Å²) in [5, 5.41) is 0.483. The van der Waals surface area contributed by atoms with Crippen LogP contribution in [-0.2, 0) is 11.2 Å². The van der Waals surface area contributed by atoms with E-state index in [1.165, 1.54) is 0 Å². The smallest absolute Gasteiger partial charge is 0.193 e. The van der Waals surface area contributed by atoms with E-state index in [0.717, 1.165) is 51.4 Å². The Labute approximate surface area is 95.0 Å². The van der Waals surface area contributed by atoms with Crippen LogP contribution in [0.25, 0.3) is 0 Å². The van der Waals surface area contributed by atoms with Gasteiger partial charge in [-0.3, -0.25) is 4.90 Å². The number of furan rings is 1. The molecule has 0 saturated carbocycles. The molecule has 1 aromatic rings. The molecule has 2 heterocycles. The molecule has 2 rings (SSSR count). The van der Waals surface area contributed by atoms with Crippen molar-refractivity contribution in [2.75, 3.05) is 32.8 Å². The van der Waals surface area contributed by atoms with Crippen LogP contribution in [0, 0.1) is 0 Å². The number of ether oxygens (including phenoxy) is 1. The third-order valence-corrected chi connectivity index (χ3v) is 2.83. The lowest BCUT2D eigenvalue weighted by molar-refractivity contribution is 0.0373. The Morgan fingerprint density at radius 1 is 1.27 bits per heavy atom. The maximum absolute atomic E-state index is 5.69. The lowest BCUT2D eigenvalue weighted by atomic mass is 10.2. The predicted octanol–water partition coefficient (Wildman–Crippen LogP) is 2.20. The summed E-state index contributed by atoms with van der Waals surface area (Å²) >= 11 is 5.69. The third kappa shape index (κ3) is 3.52. The van der Waals surface area contributed by atoms with E-state index in [2.05, 4.69) is 4.90 Å². The zero-order chi connectivity index (χ0) is 10.5. The van der Waals surface area contributed by atoms with Gasteiger partial charge in [-0.2, -0.15) is 0 Å². The summed E-state index contributed by atoms with van der Waals surface area (Å²) in [6.45, 7) is 4.96. The second kappa shape index (κ2) is 5.54. The fourth-order valence-electron chi connectivity index (χ4n) is 1.79. The molecule has 84 valence electrons. The minimum Gasteiger partial charge on any atom is -0.450 e. The van der Waals surface area contributed by atoms with Crippen molar-refractivity contribution >= 4 is 11.6 Å². The molecular weight excluding hydrogens is 214 g/mol. The van der Waals surface area contributed by atoms with Crippen LogP contribution in [0.1, 0.15) is 12.2 Å². The Balaban J connectivity index is 1.65. The zero-order valence-electron chi connectivity index (χ0n) is 8.75. The topological polar surface area (TPSA) is 25.6 Å². The second-order valence-corrected chi connectivity index (χ2v) is 4.14. The van der Waals surface area contributed by atoms with Crippen molar-refractivity contribution in [3.63, 3.8) is 0 Å². The number of hydrogen-bond acceptors (Lipinski definition) is 3. The first-order chi connectivity index (χ1) is 7.34. The Morgan fingerprint density at radius 2 is 2.07 bits per heavy atom. The first-order valence-corrected chi connectivity index (χ1v) is 5.77. The van der Waals surface area contributed by atoms with Crippen LogP contribution in [0.4, 0.5) is 0 Å². The number of nitrogens with zero attached hydrogens (tertiary/aromatic N) is 1. The molecule has 0 radical (unpaired) electrons. The van der Waals surface area contributed by atoms with Crippen molar-refractivity contribution in [1.29, 1.82) is 0 Å². The quantitative estimate of drug-likeness (QED) is 0.792. The molecule has 0 N–H and O–H groups in total. The fraction of sp³-hybridized carbons (Fsp3) is 0.636. The molecular formula is C11H16ClNO2. The van der Waals surface area contributed by atoms with E-state index in [-0.39, 0.29) is 0 Å². The average Bonchev–Trinajstić information content (AvgIpc) is 2.66. The molecule has 1 fully saturated rings. The average molecular weight is 230 g/mol. The number of aryl methyl sites for hydroxylation is 1. The van der Waals surface area contributed by atoms with Crippen molar-refractivity contribution in [3.8, 4) is 0 Å². The summed E-state index contributed by atoms with van der Waals surface area (Å²) < 4.78 is 10.6. The van der Waals surface area contributed by atoms with Crippen LogP contribution in [-0.4, -0.2) is 37.7 Å². The number of morpholine rings is 1. The highest BCUT2D eigenvalue weighted by Crippen LogP contribution is 2.14. The van der Waals surface area contributed by atoms with E-state index < -0.39 is 0 Å². The minimum absolute atomic E-state index is 0.483. The van der Waals surface area contributed by atoms with Crippen LogP contribution in [0.5, 0.6) is 0 Å². The van der Waals surface area contributed by atoms with Crippen LogP contribution >= 0.6 is 11.6 Å². The molecule has 0 spiro atoms. The summed E-state index contributed by atoms with van der Waals surface area (Å²) in [4.78, 5) is 2.42. The van der Waals surface area contributed by atoms with Crippen LogP contribution in [0.3, 0.4) is 0 Å². The molecule has 0 bridgehead atoms. The Kier molecular flexibility index (Phi) is 4.06. The van der Waals surface area contributed by atoms with E-state index in [0.29, 0.717) is 5.22 Å². The van der Waals surface area contributed by atoms with Gasteiger partial charge in [-0.1, -0.05) is 0 Å². The van der Waals surface area contributed by atoms with E-state index in [1.54, 1.807) is 6.07 Å². The van der Waals surface area contributed by atoms with Gasteiger partial charge >= 0.3 is 0 Å². The molecule has 0 unspecified atom stereocenters. The SMILES string of the molecule is Clc1ccc(CCCN2CCOCC2)o1. The van der Waals surface area contributed by atoms with Gasteiger partial charge < -0.3 is 9.15 Å². The number of rotatable bonds is 4. The summed E-state index contributed by atoms with van der Waals surface area (Å²) in [6.07, 6.45) is 2.08. The molecule has 15 heavy (non-hydrogen) atoms. The van der Waals surface area contributed by atoms with Gasteiger partial charge in [0.1, 0.15) is 5.76 Å². The lowest BCUT2D eigenvalue weighted by Gasteiger charge is -2.26. The third-order valence-electron chi connectivity index (χ3n) is 2.63. The van der Waals surface area contributed by atoms with Gasteiger partial charge in [-0.15, -0.1) is 0 Å². The Morgan fingerprint density at radius 3 is 2.73 bits per heavy atom. The highest BCUT2D eigenvalue weighted by molar-refractivity contribution is 6.28. The van der Waals surface area contributed by atoms with Gasteiger partial charge in [0.25, 0.3) is 0 Å².